The highest BCUT2D eigenvalue weighted by Crippen LogP contribution is 2.34. The SMILES string of the molecule is C=C[C@@H]1[C@@H](C)C[C@@H](C(=O)Nc2nc(Br)ccc2C)N1C(=O)Cn1nc(I)c2cc(-c3cnc(C)nc3)cc(C)c21. The monoisotopic (exact) mass is 713 g/mol. The van der Waals surface area contributed by atoms with Gasteiger partial charge in [-0.05, 0) is 107 Å². The summed E-state index contributed by atoms with van der Waals surface area (Å²) >= 11 is 5.56. The molecule has 2 amide bonds. The van der Waals surface area contributed by atoms with Crippen LogP contribution in [-0.2, 0) is 16.1 Å². The van der Waals surface area contributed by atoms with Crippen LogP contribution in [0.2, 0.25) is 0 Å². The van der Waals surface area contributed by atoms with E-state index in [1.54, 1.807) is 15.7 Å². The van der Waals surface area contributed by atoms with Crippen molar-refractivity contribution in [1.82, 2.24) is 29.6 Å². The number of nitrogens with one attached hydrogen (secondary N) is 1. The molecule has 1 N–H and O–H groups in total. The Bertz CT molecular complexity index is 1640. The number of halogens is 2. The van der Waals surface area contributed by atoms with Crippen molar-refractivity contribution in [3.05, 3.63) is 74.6 Å². The van der Waals surface area contributed by atoms with E-state index in [-0.39, 0.29) is 30.3 Å². The number of hydrogen-bond donors (Lipinski definition) is 1. The number of rotatable bonds is 6. The van der Waals surface area contributed by atoms with Crippen molar-refractivity contribution in [2.24, 2.45) is 5.92 Å². The van der Waals surface area contributed by atoms with Gasteiger partial charge in [0.15, 0.2) is 0 Å². The van der Waals surface area contributed by atoms with Crippen LogP contribution in [0.25, 0.3) is 22.0 Å². The lowest BCUT2D eigenvalue weighted by molar-refractivity contribution is -0.138. The Hall–Kier alpha value is -3.19. The number of fused-ring (bicyclic) bond motifs is 1. The van der Waals surface area contributed by atoms with Gasteiger partial charge in [0.25, 0.3) is 0 Å². The van der Waals surface area contributed by atoms with Crippen LogP contribution in [0.4, 0.5) is 5.82 Å². The second-order valence-corrected chi connectivity index (χ2v) is 12.0. The summed E-state index contributed by atoms with van der Waals surface area (Å²) in [4.78, 5) is 42.1. The van der Waals surface area contributed by atoms with Crippen LogP contribution in [0, 0.1) is 30.4 Å². The Labute approximate surface area is 254 Å². The molecule has 11 heteroatoms. The van der Waals surface area contributed by atoms with Gasteiger partial charge in [0.2, 0.25) is 11.8 Å². The van der Waals surface area contributed by atoms with Crippen LogP contribution in [-0.4, -0.2) is 53.5 Å². The van der Waals surface area contributed by atoms with Crippen LogP contribution in [0.3, 0.4) is 0 Å². The number of benzene rings is 1. The van der Waals surface area contributed by atoms with Crippen molar-refractivity contribution in [3.63, 3.8) is 0 Å². The maximum absolute atomic E-state index is 13.9. The van der Waals surface area contributed by atoms with Crippen LogP contribution >= 0.6 is 38.5 Å². The number of amides is 2. The first-order chi connectivity index (χ1) is 19.1. The van der Waals surface area contributed by atoms with Crippen molar-refractivity contribution in [2.45, 2.75) is 52.7 Å². The molecular weight excluding hydrogens is 685 g/mol. The molecule has 0 bridgehead atoms. The fourth-order valence-corrected chi connectivity index (χ4v) is 6.34. The predicted molar refractivity (Wildman–Crippen MR) is 167 cm³/mol. The molecule has 1 aromatic carbocycles. The highest BCUT2D eigenvalue weighted by atomic mass is 127. The third kappa shape index (κ3) is 5.40. The first-order valence-corrected chi connectivity index (χ1v) is 14.8. The van der Waals surface area contributed by atoms with Gasteiger partial charge in [-0.25, -0.2) is 15.0 Å². The van der Waals surface area contributed by atoms with Crippen molar-refractivity contribution in [3.8, 4) is 11.1 Å². The maximum atomic E-state index is 13.9. The minimum Gasteiger partial charge on any atom is -0.322 e. The lowest BCUT2D eigenvalue weighted by atomic mass is 10.0. The van der Waals surface area contributed by atoms with Gasteiger partial charge in [-0.1, -0.05) is 19.1 Å². The van der Waals surface area contributed by atoms with E-state index in [1.807, 2.05) is 52.2 Å². The summed E-state index contributed by atoms with van der Waals surface area (Å²) in [6.07, 6.45) is 5.90. The predicted octanol–water partition coefficient (Wildman–Crippen LogP) is 5.61. The zero-order chi connectivity index (χ0) is 28.7. The number of likely N-dealkylation sites (tertiary alicyclic amines) is 1. The third-order valence-electron chi connectivity index (χ3n) is 7.36. The highest BCUT2D eigenvalue weighted by molar-refractivity contribution is 14.1. The van der Waals surface area contributed by atoms with E-state index < -0.39 is 6.04 Å². The first-order valence-electron chi connectivity index (χ1n) is 12.9. The van der Waals surface area contributed by atoms with Gasteiger partial charge in [-0.2, -0.15) is 5.10 Å². The minimum atomic E-state index is -0.652. The smallest absolute Gasteiger partial charge is 0.248 e. The molecule has 3 atom stereocenters. The summed E-state index contributed by atoms with van der Waals surface area (Å²) in [7, 11) is 0. The molecular formula is C29H29BrIN7O2. The Balaban J connectivity index is 1.45. The number of aromatic nitrogens is 5. The summed E-state index contributed by atoms with van der Waals surface area (Å²) in [5.41, 5.74) is 4.61. The molecule has 1 aliphatic rings. The van der Waals surface area contributed by atoms with Crippen molar-refractivity contribution in [1.29, 1.82) is 0 Å². The number of hydrogen-bond acceptors (Lipinski definition) is 6. The number of anilines is 1. The highest BCUT2D eigenvalue weighted by Gasteiger charge is 2.44. The zero-order valence-corrected chi connectivity index (χ0v) is 26.4. The molecule has 9 nitrogen and oxygen atoms in total. The molecule has 0 saturated carbocycles. The lowest BCUT2D eigenvalue weighted by Gasteiger charge is -2.29. The minimum absolute atomic E-state index is 0.00232. The number of carbonyl (C=O) groups is 2. The second kappa shape index (κ2) is 11.4. The molecule has 4 heterocycles. The van der Waals surface area contributed by atoms with Gasteiger partial charge in [-0.3, -0.25) is 14.3 Å². The molecule has 5 rings (SSSR count). The average molecular weight is 714 g/mol. The molecule has 40 heavy (non-hydrogen) atoms. The molecule has 1 aliphatic heterocycles. The van der Waals surface area contributed by atoms with Crippen molar-refractivity contribution >= 4 is 67.1 Å². The van der Waals surface area contributed by atoms with Crippen molar-refractivity contribution in [2.75, 3.05) is 5.32 Å². The summed E-state index contributed by atoms with van der Waals surface area (Å²) in [6, 6.07) is 6.89. The third-order valence-corrected chi connectivity index (χ3v) is 8.60. The fraction of sp³-hybridized carbons (Fsp3) is 0.310. The zero-order valence-electron chi connectivity index (χ0n) is 22.7. The van der Waals surface area contributed by atoms with E-state index in [0.29, 0.717) is 22.7 Å². The Morgan fingerprint density at radius 3 is 2.58 bits per heavy atom. The normalized spacial score (nSPS) is 18.8. The molecule has 0 spiro atoms. The van der Waals surface area contributed by atoms with E-state index >= 15 is 0 Å². The quantitative estimate of drug-likeness (QED) is 0.158. The number of nitrogens with zero attached hydrogens (tertiary/aromatic N) is 6. The Kier molecular flexibility index (Phi) is 8.05. The van der Waals surface area contributed by atoms with Crippen molar-refractivity contribution < 1.29 is 9.59 Å². The average Bonchev–Trinajstić information content (AvgIpc) is 3.42. The molecule has 0 aliphatic carbocycles. The lowest BCUT2D eigenvalue weighted by Crippen LogP contribution is -2.48. The molecule has 0 radical (unpaired) electrons. The van der Waals surface area contributed by atoms with Gasteiger partial charge < -0.3 is 10.2 Å². The summed E-state index contributed by atoms with van der Waals surface area (Å²) < 4.78 is 3.15. The fourth-order valence-electron chi connectivity index (χ4n) is 5.36. The number of pyridine rings is 1. The largest absolute Gasteiger partial charge is 0.322 e. The van der Waals surface area contributed by atoms with E-state index in [4.69, 9.17) is 5.10 Å². The van der Waals surface area contributed by atoms with Crippen LogP contribution in [0.1, 0.15) is 30.3 Å². The van der Waals surface area contributed by atoms with Crippen LogP contribution in [0.15, 0.2) is 53.9 Å². The van der Waals surface area contributed by atoms with Gasteiger partial charge >= 0.3 is 0 Å². The topological polar surface area (TPSA) is 106 Å². The van der Waals surface area contributed by atoms with E-state index in [0.717, 1.165) is 36.9 Å². The van der Waals surface area contributed by atoms with Gasteiger partial charge in [0, 0.05) is 23.3 Å². The standard InChI is InChI=1S/C29H29BrIN7O2/c1-6-22-16(3)10-23(29(40)35-28-15(2)7-8-24(30)34-28)38(22)25(39)14-37-26-17(4)9-19(11-21(26)27(31)36-37)20-12-32-18(5)33-13-20/h6-9,11-13,16,22-23H,1,10,14H2,2-5H3,(H,34,35,40)/t16-,22+,23-/m0/s1. The molecule has 1 saturated heterocycles. The molecule has 1 fully saturated rings. The Morgan fingerprint density at radius 2 is 1.88 bits per heavy atom. The Morgan fingerprint density at radius 1 is 1.15 bits per heavy atom. The maximum Gasteiger partial charge on any atom is 0.248 e. The molecule has 4 aromatic rings. The molecule has 3 aromatic heterocycles. The number of aryl methyl sites for hydroxylation is 3. The number of carbonyl (C=O) groups excluding carboxylic acids is 2. The molecule has 206 valence electrons. The van der Waals surface area contributed by atoms with E-state index in [2.05, 4.69) is 77.5 Å². The van der Waals surface area contributed by atoms with E-state index in [9.17, 15) is 9.59 Å². The second-order valence-electron chi connectivity index (χ2n) is 10.2. The summed E-state index contributed by atoms with van der Waals surface area (Å²) in [5, 5.41) is 8.60. The van der Waals surface area contributed by atoms with Crippen LogP contribution < -0.4 is 5.32 Å². The van der Waals surface area contributed by atoms with Gasteiger partial charge in [0.05, 0.1) is 11.6 Å². The van der Waals surface area contributed by atoms with E-state index in [1.165, 1.54) is 0 Å². The summed E-state index contributed by atoms with van der Waals surface area (Å²) in [5.74, 6) is 0.805. The van der Waals surface area contributed by atoms with Gasteiger partial charge in [-0.15, -0.1) is 6.58 Å². The van der Waals surface area contributed by atoms with Gasteiger partial charge in [0.1, 0.15) is 32.5 Å². The molecule has 0 unspecified atom stereocenters. The first kappa shape index (κ1) is 28.3. The van der Waals surface area contributed by atoms with Crippen LogP contribution in [0.5, 0.6) is 0 Å². The summed E-state index contributed by atoms with van der Waals surface area (Å²) in [6.45, 7) is 11.8.